The van der Waals surface area contributed by atoms with Crippen LogP contribution in [0.4, 0.5) is 0 Å². The number of carbonyl (C=O) groups excluding carboxylic acids is 1. The van der Waals surface area contributed by atoms with Crippen molar-refractivity contribution in [2.45, 2.75) is 0 Å². The molecular formula is C13H12N2O. The predicted octanol–water partition coefficient (Wildman–Crippen LogP) is 2.54. The van der Waals surface area contributed by atoms with Crippen LogP contribution in [0.1, 0.15) is 10.5 Å². The fourth-order valence-corrected chi connectivity index (χ4v) is 1.57. The largest absolute Gasteiger partial charge is 0.351 e. The predicted molar refractivity (Wildman–Crippen MR) is 64.1 cm³/mol. The molecule has 3 heteroatoms. The molecule has 80 valence electrons. The van der Waals surface area contributed by atoms with Crippen molar-refractivity contribution in [1.29, 1.82) is 0 Å². The molecule has 0 aliphatic rings. The first-order chi connectivity index (χ1) is 7.72. The molecule has 0 spiro atoms. The minimum atomic E-state index is -0.104. The van der Waals surface area contributed by atoms with Crippen molar-refractivity contribution in [2.24, 2.45) is 0 Å². The quantitative estimate of drug-likeness (QED) is 0.763. The van der Waals surface area contributed by atoms with Gasteiger partial charge in [-0.1, -0.05) is 24.8 Å². The zero-order valence-corrected chi connectivity index (χ0v) is 9.03. The molecule has 1 N–H and O–H groups in total. The number of para-hydroxylation sites is 1. The Morgan fingerprint density at radius 2 is 2.25 bits per heavy atom. The van der Waals surface area contributed by atoms with Crippen LogP contribution in [0.25, 0.3) is 10.9 Å². The highest BCUT2D eigenvalue weighted by molar-refractivity contribution is 5.98. The summed E-state index contributed by atoms with van der Waals surface area (Å²) in [7, 11) is 1.67. The van der Waals surface area contributed by atoms with E-state index in [1.54, 1.807) is 7.05 Å². The van der Waals surface area contributed by atoms with Crippen molar-refractivity contribution in [3.63, 3.8) is 0 Å². The number of carbonyl (C=O) groups is 1. The van der Waals surface area contributed by atoms with Crippen molar-refractivity contribution in [1.82, 2.24) is 9.88 Å². The maximum Gasteiger partial charge on any atom is 0.274 e. The number of amides is 1. The summed E-state index contributed by atoms with van der Waals surface area (Å²) in [6, 6.07) is 9.62. The second kappa shape index (κ2) is 4.09. The van der Waals surface area contributed by atoms with Crippen LogP contribution < -0.4 is 0 Å². The van der Waals surface area contributed by atoms with Gasteiger partial charge in [0.25, 0.3) is 5.91 Å². The summed E-state index contributed by atoms with van der Waals surface area (Å²) in [5.74, 6) is -0.104. The Bertz CT molecular complexity index is 543. The van der Waals surface area contributed by atoms with Crippen LogP contribution in [-0.4, -0.2) is 22.8 Å². The van der Waals surface area contributed by atoms with E-state index in [9.17, 15) is 4.79 Å². The Labute approximate surface area is 93.7 Å². The van der Waals surface area contributed by atoms with Gasteiger partial charge in [0, 0.05) is 24.2 Å². The van der Waals surface area contributed by atoms with Gasteiger partial charge in [-0.15, -0.1) is 5.73 Å². The number of aromatic amines is 1. The van der Waals surface area contributed by atoms with E-state index in [1.807, 2.05) is 30.3 Å². The number of rotatable bonds is 2. The molecule has 0 radical (unpaired) electrons. The van der Waals surface area contributed by atoms with Gasteiger partial charge in [0.1, 0.15) is 5.69 Å². The van der Waals surface area contributed by atoms with Crippen LogP contribution in [-0.2, 0) is 0 Å². The van der Waals surface area contributed by atoms with Crippen LogP contribution in [0.3, 0.4) is 0 Å². The van der Waals surface area contributed by atoms with E-state index in [2.05, 4.69) is 17.3 Å². The summed E-state index contributed by atoms with van der Waals surface area (Å²) >= 11 is 0. The van der Waals surface area contributed by atoms with Crippen LogP contribution >= 0.6 is 0 Å². The lowest BCUT2D eigenvalue weighted by Crippen LogP contribution is -2.20. The van der Waals surface area contributed by atoms with Crippen molar-refractivity contribution in [2.75, 3.05) is 7.05 Å². The first kappa shape index (κ1) is 10.3. The maximum absolute atomic E-state index is 11.9. The van der Waals surface area contributed by atoms with E-state index in [1.165, 1.54) is 11.1 Å². The molecule has 1 heterocycles. The highest BCUT2D eigenvalue weighted by atomic mass is 16.2. The Morgan fingerprint density at radius 1 is 1.50 bits per heavy atom. The van der Waals surface area contributed by atoms with Gasteiger partial charge < -0.3 is 9.88 Å². The number of nitrogens with one attached hydrogen (secondary N) is 1. The second-order valence-electron chi connectivity index (χ2n) is 3.52. The topological polar surface area (TPSA) is 36.1 Å². The van der Waals surface area contributed by atoms with Crippen LogP contribution in [0.2, 0.25) is 0 Å². The van der Waals surface area contributed by atoms with Gasteiger partial charge in [-0.05, 0) is 12.1 Å². The molecule has 1 aromatic carbocycles. The van der Waals surface area contributed by atoms with Crippen LogP contribution in [0, 0.1) is 0 Å². The molecule has 0 saturated carbocycles. The Balaban J connectivity index is 2.40. The Hall–Kier alpha value is -2.25. The Kier molecular flexibility index (Phi) is 2.63. The Morgan fingerprint density at radius 3 is 2.94 bits per heavy atom. The molecule has 2 aromatic rings. The van der Waals surface area contributed by atoms with Crippen LogP contribution in [0.15, 0.2) is 48.8 Å². The van der Waals surface area contributed by atoms with E-state index in [-0.39, 0.29) is 5.91 Å². The number of H-pyrrole nitrogens is 1. The second-order valence-corrected chi connectivity index (χ2v) is 3.52. The lowest BCUT2D eigenvalue weighted by Gasteiger charge is -2.08. The molecule has 1 aromatic heterocycles. The summed E-state index contributed by atoms with van der Waals surface area (Å²) < 4.78 is 0. The minimum absolute atomic E-state index is 0.104. The fourth-order valence-electron chi connectivity index (χ4n) is 1.57. The molecule has 0 bridgehead atoms. The zero-order valence-electron chi connectivity index (χ0n) is 9.03. The smallest absolute Gasteiger partial charge is 0.274 e. The van der Waals surface area contributed by atoms with Crippen molar-refractivity contribution in [3.05, 3.63) is 54.5 Å². The summed E-state index contributed by atoms with van der Waals surface area (Å²) in [4.78, 5) is 16.4. The number of nitrogens with zero attached hydrogens (tertiary/aromatic N) is 1. The number of hydrogen-bond acceptors (Lipinski definition) is 1. The van der Waals surface area contributed by atoms with Gasteiger partial charge in [0.05, 0.1) is 0 Å². The lowest BCUT2D eigenvalue weighted by molar-refractivity contribution is 0.0845. The van der Waals surface area contributed by atoms with E-state index in [0.717, 1.165) is 10.9 Å². The fraction of sp³-hybridized carbons (Fsp3) is 0.0769. The molecule has 0 aliphatic carbocycles. The number of aromatic nitrogens is 1. The van der Waals surface area contributed by atoms with Gasteiger partial charge in [-0.2, -0.15) is 0 Å². The van der Waals surface area contributed by atoms with E-state index in [4.69, 9.17) is 0 Å². The minimum Gasteiger partial charge on any atom is -0.351 e. The molecule has 0 aliphatic heterocycles. The molecule has 2 rings (SSSR count). The molecular weight excluding hydrogens is 200 g/mol. The van der Waals surface area contributed by atoms with Gasteiger partial charge in [0.2, 0.25) is 0 Å². The van der Waals surface area contributed by atoms with Gasteiger partial charge in [0.15, 0.2) is 0 Å². The molecule has 16 heavy (non-hydrogen) atoms. The summed E-state index contributed by atoms with van der Waals surface area (Å²) in [6.07, 6.45) is 1.51. The molecule has 0 fully saturated rings. The standard InChI is InChI=1S/C13H12N2O/c1-3-8-15(2)13(16)12-9-10-6-4-5-7-11(10)14-12/h4-9,14H,1H2,2H3. The third-order valence-electron chi connectivity index (χ3n) is 2.37. The van der Waals surface area contributed by atoms with E-state index < -0.39 is 0 Å². The van der Waals surface area contributed by atoms with Crippen molar-refractivity contribution < 1.29 is 4.79 Å². The highest BCUT2D eigenvalue weighted by Crippen LogP contribution is 2.15. The van der Waals surface area contributed by atoms with Crippen molar-refractivity contribution >= 4 is 16.8 Å². The first-order valence-corrected chi connectivity index (χ1v) is 4.93. The molecule has 3 nitrogen and oxygen atoms in total. The number of hydrogen-bond donors (Lipinski definition) is 1. The first-order valence-electron chi connectivity index (χ1n) is 4.93. The average Bonchev–Trinajstić information content (AvgIpc) is 2.71. The van der Waals surface area contributed by atoms with Crippen molar-refractivity contribution in [3.8, 4) is 0 Å². The highest BCUT2D eigenvalue weighted by Gasteiger charge is 2.11. The summed E-state index contributed by atoms with van der Waals surface area (Å²) in [5.41, 5.74) is 4.09. The number of benzene rings is 1. The maximum atomic E-state index is 11.9. The lowest BCUT2D eigenvalue weighted by atomic mass is 10.2. The SMILES string of the molecule is C=C=CN(C)C(=O)c1cc2ccccc2[nH]1. The molecule has 0 saturated heterocycles. The third-order valence-corrected chi connectivity index (χ3v) is 2.37. The summed E-state index contributed by atoms with van der Waals surface area (Å²) in [6.45, 7) is 3.43. The molecule has 1 amide bonds. The normalized spacial score (nSPS) is 9.81. The monoisotopic (exact) mass is 212 g/mol. The van der Waals surface area contributed by atoms with Gasteiger partial charge in [-0.3, -0.25) is 4.79 Å². The van der Waals surface area contributed by atoms with Gasteiger partial charge >= 0.3 is 0 Å². The molecule has 0 atom stereocenters. The number of fused-ring (bicyclic) bond motifs is 1. The van der Waals surface area contributed by atoms with E-state index >= 15 is 0 Å². The van der Waals surface area contributed by atoms with Gasteiger partial charge in [-0.25, -0.2) is 0 Å². The zero-order chi connectivity index (χ0) is 11.5. The third kappa shape index (κ3) is 1.76. The summed E-state index contributed by atoms with van der Waals surface area (Å²) in [5, 5.41) is 1.03. The molecule has 0 unspecified atom stereocenters. The average molecular weight is 212 g/mol. The van der Waals surface area contributed by atoms with E-state index in [0.29, 0.717) is 5.69 Å². The van der Waals surface area contributed by atoms with Crippen LogP contribution in [0.5, 0.6) is 0 Å².